The number of benzene rings is 3. The molecule has 1 heterocycles. The van der Waals surface area contributed by atoms with E-state index in [0.29, 0.717) is 28.4 Å². The van der Waals surface area contributed by atoms with Crippen LogP contribution in [0.5, 0.6) is 5.75 Å². The van der Waals surface area contributed by atoms with Crippen LogP contribution in [0.2, 0.25) is 0 Å². The van der Waals surface area contributed by atoms with Crippen LogP contribution in [0.15, 0.2) is 81.9 Å². The van der Waals surface area contributed by atoms with Crippen molar-refractivity contribution >= 4 is 62.3 Å². The number of hydrogen-bond donors (Lipinski definition) is 2. The SMILES string of the molecule is COc1ccc(C)cc1N1C(=O)C(Cl)=C(Nc2cccc(C(=O)Nc3ccccc3Br)c2)C1=O. The first-order chi connectivity index (χ1) is 16.3. The predicted octanol–water partition coefficient (Wildman–Crippen LogP) is 5.45. The fraction of sp³-hybridized carbons (Fsp3) is 0.0800. The number of carbonyl (C=O) groups is 3. The van der Waals surface area contributed by atoms with E-state index in [1.165, 1.54) is 7.11 Å². The first kappa shape index (κ1) is 23.5. The minimum atomic E-state index is -0.666. The van der Waals surface area contributed by atoms with Crippen LogP contribution in [0.3, 0.4) is 0 Å². The average molecular weight is 541 g/mol. The number of rotatable bonds is 6. The number of anilines is 3. The van der Waals surface area contributed by atoms with Gasteiger partial charge in [-0.2, -0.15) is 0 Å². The van der Waals surface area contributed by atoms with Crippen LogP contribution >= 0.6 is 27.5 Å². The van der Waals surface area contributed by atoms with Gasteiger partial charge in [0.15, 0.2) is 0 Å². The van der Waals surface area contributed by atoms with Crippen LogP contribution in [0.1, 0.15) is 15.9 Å². The highest BCUT2D eigenvalue weighted by Gasteiger charge is 2.40. The summed E-state index contributed by atoms with van der Waals surface area (Å²) in [5, 5.41) is 5.47. The zero-order chi connectivity index (χ0) is 24.4. The minimum Gasteiger partial charge on any atom is -0.495 e. The lowest BCUT2D eigenvalue weighted by atomic mass is 10.1. The third-order valence-electron chi connectivity index (χ3n) is 5.12. The van der Waals surface area contributed by atoms with Crippen LogP contribution in [-0.4, -0.2) is 24.8 Å². The molecule has 0 saturated carbocycles. The number of ether oxygens (including phenoxy) is 1. The quantitative estimate of drug-likeness (QED) is 0.406. The van der Waals surface area contributed by atoms with E-state index in [-0.39, 0.29) is 16.6 Å². The van der Waals surface area contributed by atoms with Crippen LogP contribution in [-0.2, 0) is 9.59 Å². The summed E-state index contributed by atoms with van der Waals surface area (Å²) < 4.78 is 6.07. The van der Waals surface area contributed by atoms with Gasteiger partial charge in [0.1, 0.15) is 16.5 Å². The molecule has 0 bridgehead atoms. The standard InChI is InChI=1S/C25H19BrClN3O4/c1-14-10-11-20(34-2)19(12-14)30-24(32)21(27)22(25(30)33)28-16-7-5-6-15(13-16)23(31)29-18-9-4-3-8-17(18)26/h3-13,28H,1-2H3,(H,29,31). The first-order valence-corrected chi connectivity index (χ1v) is 11.3. The summed E-state index contributed by atoms with van der Waals surface area (Å²) in [6.45, 7) is 1.84. The monoisotopic (exact) mass is 539 g/mol. The van der Waals surface area contributed by atoms with Gasteiger partial charge >= 0.3 is 0 Å². The van der Waals surface area contributed by atoms with E-state index in [1.54, 1.807) is 42.5 Å². The van der Waals surface area contributed by atoms with Crippen LogP contribution in [0.4, 0.5) is 17.1 Å². The second kappa shape index (κ2) is 9.70. The van der Waals surface area contributed by atoms with E-state index in [0.717, 1.165) is 14.9 Å². The summed E-state index contributed by atoms with van der Waals surface area (Å²) in [7, 11) is 1.46. The molecular formula is C25H19BrClN3O4. The third kappa shape index (κ3) is 4.55. The molecule has 2 N–H and O–H groups in total. The molecule has 172 valence electrons. The lowest BCUT2D eigenvalue weighted by Crippen LogP contribution is -2.32. The highest BCUT2D eigenvalue weighted by atomic mass is 79.9. The van der Waals surface area contributed by atoms with Crippen molar-refractivity contribution in [3.05, 3.63) is 93.1 Å². The van der Waals surface area contributed by atoms with E-state index in [9.17, 15) is 14.4 Å². The van der Waals surface area contributed by atoms with Gasteiger partial charge in [-0.25, -0.2) is 4.90 Å². The van der Waals surface area contributed by atoms with Crippen molar-refractivity contribution in [2.45, 2.75) is 6.92 Å². The second-order valence-corrected chi connectivity index (χ2v) is 8.68. The zero-order valence-corrected chi connectivity index (χ0v) is 20.5. The van der Waals surface area contributed by atoms with Crippen molar-refractivity contribution in [1.82, 2.24) is 0 Å². The van der Waals surface area contributed by atoms with E-state index in [1.807, 2.05) is 31.2 Å². The summed E-state index contributed by atoms with van der Waals surface area (Å²) in [5.74, 6) is -1.26. The van der Waals surface area contributed by atoms with Gasteiger partial charge in [0.25, 0.3) is 17.7 Å². The third-order valence-corrected chi connectivity index (χ3v) is 6.16. The number of carbonyl (C=O) groups excluding carboxylic acids is 3. The van der Waals surface area contributed by atoms with Crippen LogP contribution < -0.4 is 20.3 Å². The van der Waals surface area contributed by atoms with E-state index < -0.39 is 11.8 Å². The van der Waals surface area contributed by atoms with Gasteiger partial charge in [-0.05, 0) is 70.9 Å². The van der Waals surface area contributed by atoms with Gasteiger partial charge in [-0.15, -0.1) is 0 Å². The number of hydrogen-bond acceptors (Lipinski definition) is 5. The maximum Gasteiger partial charge on any atom is 0.283 e. The molecule has 0 spiro atoms. The maximum absolute atomic E-state index is 13.2. The fourth-order valence-corrected chi connectivity index (χ4v) is 4.04. The molecule has 34 heavy (non-hydrogen) atoms. The van der Waals surface area contributed by atoms with Gasteiger partial charge < -0.3 is 15.4 Å². The highest BCUT2D eigenvalue weighted by molar-refractivity contribution is 9.10. The van der Waals surface area contributed by atoms with Crippen LogP contribution in [0, 0.1) is 6.92 Å². The Balaban J connectivity index is 1.58. The number of aryl methyl sites for hydroxylation is 1. The summed E-state index contributed by atoms with van der Waals surface area (Å²) in [4.78, 5) is 39.7. The molecule has 1 aliphatic heterocycles. The molecule has 0 fully saturated rings. The molecule has 9 heteroatoms. The molecule has 3 aromatic rings. The zero-order valence-electron chi connectivity index (χ0n) is 18.2. The molecule has 3 aromatic carbocycles. The Morgan fingerprint density at radius 2 is 1.76 bits per heavy atom. The topological polar surface area (TPSA) is 87.7 Å². The molecule has 4 rings (SSSR count). The van der Waals surface area contributed by atoms with Crippen molar-refractivity contribution in [3.8, 4) is 5.75 Å². The largest absolute Gasteiger partial charge is 0.495 e. The maximum atomic E-state index is 13.2. The number of nitrogens with zero attached hydrogens (tertiary/aromatic N) is 1. The van der Waals surface area contributed by atoms with Crippen molar-refractivity contribution in [1.29, 1.82) is 0 Å². The molecular weight excluding hydrogens is 522 g/mol. The lowest BCUT2D eigenvalue weighted by molar-refractivity contribution is -0.120. The van der Waals surface area contributed by atoms with E-state index >= 15 is 0 Å². The molecule has 7 nitrogen and oxygen atoms in total. The van der Waals surface area contributed by atoms with Gasteiger partial charge in [0, 0.05) is 15.7 Å². The van der Waals surface area contributed by atoms with Gasteiger partial charge in [-0.1, -0.05) is 35.9 Å². The Morgan fingerprint density at radius 3 is 2.50 bits per heavy atom. The number of nitrogens with one attached hydrogen (secondary N) is 2. The summed E-state index contributed by atoms with van der Waals surface area (Å²) in [6.07, 6.45) is 0. The Kier molecular flexibility index (Phi) is 6.72. The summed E-state index contributed by atoms with van der Waals surface area (Å²) in [6, 6.07) is 18.9. The Morgan fingerprint density at radius 1 is 1.00 bits per heavy atom. The molecule has 0 aromatic heterocycles. The molecule has 0 aliphatic carbocycles. The molecule has 3 amide bonds. The molecule has 0 unspecified atom stereocenters. The Hall–Kier alpha value is -3.62. The molecule has 0 atom stereocenters. The smallest absolute Gasteiger partial charge is 0.283 e. The second-order valence-electron chi connectivity index (χ2n) is 7.45. The molecule has 1 aliphatic rings. The minimum absolute atomic E-state index is 0.0846. The molecule has 0 radical (unpaired) electrons. The Bertz CT molecular complexity index is 1360. The summed E-state index contributed by atoms with van der Waals surface area (Å²) in [5.41, 5.74) is 2.46. The molecule has 0 saturated heterocycles. The van der Waals surface area contributed by atoms with Crippen molar-refractivity contribution in [2.75, 3.05) is 22.6 Å². The number of para-hydroxylation sites is 1. The average Bonchev–Trinajstić information content (AvgIpc) is 3.03. The van der Waals surface area contributed by atoms with Gasteiger partial charge in [-0.3, -0.25) is 14.4 Å². The number of amides is 3. The number of methoxy groups -OCH3 is 1. The van der Waals surface area contributed by atoms with Gasteiger partial charge in [0.2, 0.25) is 0 Å². The normalized spacial score (nSPS) is 13.4. The van der Waals surface area contributed by atoms with E-state index in [2.05, 4.69) is 26.6 Å². The number of halogens is 2. The van der Waals surface area contributed by atoms with Crippen LogP contribution in [0.25, 0.3) is 0 Å². The summed E-state index contributed by atoms with van der Waals surface area (Å²) >= 11 is 9.66. The predicted molar refractivity (Wildman–Crippen MR) is 135 cm³/mol. The van der Waals surface area contributed by atoms with Crippen molar-refractivity contribution < 1.29 is 19.1 Å². The van der Waals surface area contributed by atoms with Gasteiger partial charge in [0.05, 0.1) is 18.5 Å². The van der Waals surface area contributed by atoms with E-state index in [4.69, 9.17) is 16.3 Å². The Labute approximate surface area is 209 Å². The highest BCUT2D eigenvalue weighted by Crippen LogP contribution is 2.36. The number of imide groups is 1. The fourth-order valence-electron chi connectivity index (χ4n) is 3.44. The first-order valence-electron chi connectivity index (χ1n) is 10.2. The lowest BCUT2D eigenvalue weighted by Gasteiger charge is -2.18. The van der Waals surface area contributed by atoms with Crippen molar-refractivity contribution in [3.63, 3.8) is 0 Å². The van der Waals surface area contributed by atoms with Crippen molar-refractivity contribution in [2.24, 2.45) is 0 Å².